The number of phenolic OH excluding ortho intramolecular Hbond substituents is 2. The number of aromatic hydroxyl groups is 2. The monoisotopic (exact) mass is 1050 g/mol. The van der Waals surface area contributed by atoms with Crippen molar-refractivity contribution < 1.29 is 29.2 Å². The second-order valence-corrected chi connectivity index (χ2v) is 25.5. The average Bonchev–Trinajstić information content (AvgIpc) is 3.47. The molecular formula is C71H78N2O6. The summed E-state index contributed by atoms with van der Waals surface area (Å²) in [7, 11) is 0. The van der Waals surface area contributed by atoms with Crippen LogP contribution < -0.4 is 28.7 Å². The van der Waals surface area contributed by atoms with Crippen LogP contribution in [-0.2, 0) is 12.8 Å². The third-order valence-electron chi connectivity index (χ3n) is 17.2. The molecule has 408 valence electrons. The molecule has 2 aliphatic heterocycles. The largest absolute Gasteiger partial charge is 0.505 e. The molecule has 0 aromatic heterocycles. The molecule has 0 unspecified atom stereocenters. The summed E-state index contributed by atoms with van der Waals surface area (Å²) in [6.45, 7) is 31.4. The third kappa shape index (κ3) is 10.7. The van der Waals surface area contributed by atoms with Crippen LogP contribution in [0.2, 0.25) is 0 Å². The van der Waals surface area contributed by atoms with Crippen molar-refractivity contribution in [2.45, 2.75) is 128 Å². The van der Waals surface area contributed by atoms with Gasteiger partial charge in [-0.25, -0.2) is 0 Å². The molecule has 0 radical (unpaired) electrons. The van der Waals surface area contributed by atoms with E-state index in [1.54, 1.807) is 0 Å². The summed E-state index contributed by atoms with van der Waals surface area (Å²) in [6, 6.07) is 52.9. The highest BCUT2D eigenvalue weighted by molar-refractivity contribution is 5.94. The van der Waals surface area contributed by atoms with Crippen molar-refractivity contribution in [1.29, 1.82) is 0 Å². The first-order chi connectivity index (χ1) is 37.4. The van der Waals surface area contributed by atoms with Crippen LogP contribution in [0.25, 0.3) is 22.3 Å². The lowest BCUT2D eigenvalue weighted by Crippen LogP contribution is -2.31. The molecule has 0 saturated heterocycles. The number of fused-ring (bicyclic) bond motifs is 4. The van der Waals surface area contributed by atoms with Gasteiger partial charge in [0.2, 0.25) is 0 Å². The maximum Gasteiger partial charge on any atom is 0.151 e. The number of rotatable bonds is 14. The quantitative estimate of drug-likeness (QED) is 0.111. The van der Waals surface area contributed by atoms with E-state index in [-0.39, 0.29) is 45.4 Å². The van der Waals surface area contributed by atoms with E-state index < -0.39 is 0 Å². The fraction of sp³-hybridized carbons (Fsp3) is 0.324. The van der Waals surface area contributed by atoms with Gasteiger partial charge in [0.15, 0.2) is 23.0 Å². The smallest absolute Gasteiger partial charge is 0.151 e. The Balaban J connectivity index is 1.01. The molecule has 10 rings (SSSR count). The van der Waals surface area contributed by atoms with Gasteiger partial charge in [-0.05, 0) is 182 Å². The van der Waals surface area contributed by atoms with Gasteiger partial charge in [-0.1, -0.05) is 130 Å². The third-order valence-corrected chi connectivity index (χ3v) is 17.2. The van der Waals surface area contributed by atoms with Crippen LogP contribution in [0.1, 0.15) is 112 Å². The van der Waals surface area contributed by atoms with Crippen molar-refractivity contribution in [1.82, 2.24) is 0 Å². The van der Waals surface area contributed by atoms with Gasteiger partial charge in [0.1, 0.15) is 23.0 Å². The molecule has 8 heteroatoms. The Bertz CT molecular complexity index is 3250. The van der Waals surface area contributed by atoms with Crippen LogP contribution >= 0.6 is 0 Å². The Morgan fingerprint density at radius 3 is 1.04 bits per heavy atom. The van der Waals surface area contributed by atoms with Crippen LogP contribution in [-0.4, -0.2) is 22.4 Å². The van der Waals surface area contributed by atoms with Crippen LogP contribution in [0.15, 0.2) is 158 Å². The Morgan fingerprint density at radius 1 is 0.405 bits per heavy atom. The molecule has 0 bridgehead atoms. The minimum Gasteiger partial charge on any atom is -0.505 e. The van der Waals surface area contributed by atoms with E-state index in [1.807, 2.05) is 109 Å². The van der Waals surface area contributed by atoms with E-state index in [1.165, 1.54) is 0 Å². The number of nitrogens with zero attached hydrogens (tertiary/aromatic N) is 2. The molecule has 0 fully saturated rings. The SMILES string of the molecule is Cc1cc(-c2cc(CC(C)(C)C(C)(C)C)ccc2O[C@H](C)C[C@H](C)Oc2ccc(CC(C)(C)C(C)(C)C)cc2-c2cc(C)cc(N3c4ccccc4Oc4ccccc43)c2O)c(O)c(N2c3ccccc3Oc3ccccc32)c1. The summed E-state index contributed by atoms with van der Waals surface area (Å²) >= 11 is 0. The Labute approximate surface area is 469 Å². The second kappa shape index (κ2) is 20.8. The van der Waals surface area contributed by atoms with Gasteiger partial charge in [-0.3, -0.25) is 9.80 Å². The van der Waals surface area contributed by atoms with E-state index in [2.05, 4.69) is 155 Å². The van der Waals surface area contributed by atoms with Crippen LogP contribution in [0, 0.1) is 35.5 Å². The molecule has 0 aliphatic carbocycles. The normalized spacial score (nSPS) is 14.0. The standard InChI is InChI=1S/C71H78N2O6/c1-44-35-52(66(74)58(37-44)72-54-23-15-19-27-62(54)78-63-28-20-16-24-55(63)72)50-40-48(42-70(11,12)68(5,6)7)31-33-60(50)76-46(3)39-47(4)77-61-34-32-49(43-71(13,14)69(8,9)10)41-51(61)53-36-45(2)38-59(67(53)75)73-56-25-17-21-29-64(56)79-65-30-22-18-26-57(65)73/h15-38,40-41,46-47,74-75H,39,42-43H2,1-14H3/t46-,47+. The summed E-state index contributed by atoms with van der Waals surface area (Å²) in [5, 5.41) is 25.5. The molecule has 2 atom stereocenters. The maximum absolute atomic E-state index is 12.8. The van der Waals surface area contributed by atoms with Gasteiger partial charge in [-0.15, -0.1) is 0 Å². The lowest BCUT2D eigenvalue weighted by Gasteiger charge is -2.39. The lowest BCUT2D eigenvalue weighted by atomic mass is 9.66. The highest BCUT2D eigenvalue weighted by Gasteiger charge is 2.36. The van der Waals surface area contributed by atoms with Crippen LogP contribution in [0.4, 0.5) is 34.1 Å². The summed E-state index contributed by atoms with van der Waals surface area (Å²) in [4.78, 5) is 4.19. The number of benzene rings is 8. The number of hydrogen-bond acceptors (Lipinski definition) is 8. The number of phenols is 2. The van der Waals surface area contributed by atoms with Crippen molar-refractivity contribution in [2.24, 2.45) is 21.7 Å². The zero-order chi connectivity index (χ0) is 56.3. The van der Waals surface area contributed by atoms with Crippen LogP contribution in [0.3, 0.4) is 0 Å². The Morgan fingerprint density at radius 2 is 0.722 bits per heavy atom. The fourth-order valence-corrected chi connectivity index (χ4v) is 10.7. The first kappa shape index (κ1) is 54.5. The zero-order valence-electron chi connectivity index (χ0n) is 48.7. The fourth-order valence-electron chi connectivity index (χ4n) is 10.7. The zero-order valence-corrected chi connectivity index (χ0v) is 48.7. The molecule has 8 aromatic rings. The molecule has 2 heterocycles. The summed E-state index contributed by atoms with van der Waals surface area (Å²) in [5.41, 5.74) is 11.9. The number of anilines is 6. The van der Waals surface area contributed by atoms with Crippen molar-refractivity contribution in [3.8, 4) is 68.2 Å². The average molecular weight is 1060 g/mol. The highest BCUT2D eigenvalue weighted by Crippen LogP contribution is 2.57. The van der Waals surface area contributed by atoms with E-state index >= 15 is 0 Å². The van der Waals surface area contributed by atoms with Crippen molar-refractivity contribution in [2.75, 3.05) is 9.80 Å². The Kier molecular flexibility index (Phi) is 14.3. The lowest BCUT2D eigenvalue weighted by molar-refractivity contribution is 0.129. The highest BCUT2D eigenvalue weighted by atomic mass is 16.5. The Hall–Kier alpha value is -7.84. The van der Waals surface area contributed by atoms with Gasteiger partial charge in [0, 0.05) is 28.7 Å². The van der Waals surface area contributed by atoms with E-state index in [0.29, 0.717) is 63.4 Å². The number of ether oxygens (including phenoxy) is 4. The first-order valence-corrected chi connectivity index (χ1v) is 28.0. The minimum atomic E-state index is -0.314. The number of aryl methyl sites for hydroxylation is 2. The van der Waals surface area contributed by atoms with E-state index in [0.717, 1.165) is 69.0 Å². The summed E-state index contributed by atoms with van der Waals surface area (Å²) < 4.78 is 26.9. The van der Waals surface area contributed by atoms with E-state index in [9.17, 15) is 10.2 Å². The number of hydrogen-bond donors (Lipinski definition) is 2. The minimum absolute atomic E-state index is 0.0352. The van der Waals surface area contributed by atoms with Gasteiger partial charge in [0.25, 0.3) is 0 Å². The molecular weight excluding hydrogens is 977 g/mol. The molecule has 8 nitrogen and oxygen atoms in total. The predicted octanol–water partition coefficient (Wildman–Crippen LogP) is 20.1. The molecule has 0 amide bonds. The first-order valence-electron chi connectivity index (χ1n) is 28.0. The van der Waals surface area contributed by atoms with Crippen molar-refractivity contribution in [3.63, 3.8) is 0 Å². The van der Waals surface area contributed by atoms with Gasteiger partial charge in [-0.2, -0.15) is 0 Å². The molecule has 2 aliphatic rings. The second-order valence-electron chi connectivity index (χ2n) is 25.5. The molecule has 0 spiro atoms. The summed E-state index contributed by atoms with van der Waals surface area (Å²) in [6.07, 6.45) is 1.56. The molecule has 8 aromatic carbocycles. The van der Waals surface area contributed by atoms with Gasteiger partial charge >= 0.3 is 0 Å². The molecule has 0 saturated carbocycles. The molecule has 2 N–H and O–H groups in total. The van der Waals surface area contributed by atoms with Gasteiger partial charge < -0.3 is 29.2 Å². The topological polar surface area (TPSA) is 83.9 Å². The predicted molar refractivity (Wildman–Crippen MR) is 325 cm³/mol. The van der Waals surface area contributed by atoms with E-state index in [4.69, 9.17) is 18.9 Å². The summed E-state index contributed by atoms with van der Waals surface area (Å²) in [5.74, 6) is 4.47. The van der Waals surface area contributed by atoms with Crippen molar-refractivity contribution >= 4 is 34.1 Å². The number of para-hydroxylation sites is 8. The van der Waals surface area contributed by atoms with Crippen molar-refractivity contribution in [3.05, 3.63) is 180 Å². The maximum atomic E-state index is 12.8. The van der Waals surface area contributed by atoms with Gasteiger partial charge in [0.05, 0.1) is 46.3 Å². The molecule has 79 heavy (non-hydrogen) atoms. The van der Waals surface area contributed by atoms with Crippen LogP contribution in [0.5, 0.6) is 46.0 Å².